The molecule has 1 saturated heterocycles. The van der Waals surface area contributed by atoms with E-state index >= 15 is 0 Å². The quantitative estimate of drug-likeness (QED) is 0.482. The van der Waals surface area contributed by atoms with Gasteiger partial charge in [0.15, 0.2) is 5.76 Å². The maximum absolute atomic E-state index is 12.0. The summed E-state index contributed by atoms with van der Waals surface area (Å²) in [6, 6.07) is 3.09. The molecule has 0 atom stereocenters. The minimum atomic E-state index is -0.336. The predicted molar refractivity (Wildman–Crippen MR) is 60.5 cm³/mol. The van der Waals surface area contributed by atoms with E-state index in [-0.39, 0.29) is 30.7 Å². The molecule has 0 aromatic carbocycles. The van der Waals surface area contributed by atoms with E-state index in [1.54, 1.807) is 6.07 Å². The summed E-state index contributed by atoms with van der Waals surface area (Å²) in [7, 11) is 0. The van der Waals surface area contributed by atoms with Crippen molar-refractivity contribution in [2.75, 3.05) is 19.6 Å². The Morgan fingerprint density at radius 1 is 1.61 bits per heavy atom. The third-order valence-corrected chi connectivity index (χ3v) is 2.49. The van der Waals surface area contributed by atoms with Gasteiger partial charge in [0.25, 0.3) is 5.91 Å². The van der Waals surface area contributed by atoms with Gasteiger partial charge in [0.05, 0.1) is 6.54 Å². The van der Waals surface area contributed by atoms with Crippen LogP contribution in [0.2, 0.25) is 0 Å². The van der Waals surface area contributed by atoms with E-state index in [0.29, 0.717) is 18.8 Å². The van der Waals surface area contributed by atoms with E-state index in [2.05, 4.69) is 15.3 Å². The largest absolute Gasteiger partial charge is 0.456 e. The number of carbonyl (C=O) groups excluding carboxylic acids is 2. The number of furan rings is 1. The molecular weight excluding hydrogens is 238 g/mol. The average molecular weight is 249 g/mol. The van der Waals surface area contributed by atoms with E-state index in [4.69, 9.17) is 9.95 Å². The number of azide groups is 1. The Balaban J connectivity index is 2.06. The molecular formula is C10H11N5O3. The number of amides is 2. The molecule has 1 aromatic heterocycles. The fourth-order valence-corrected chi connectivity index (χ4v) is 1.65. The summed E-state index contributed by atoms with van der Waals surface area (Å²) in [5, 5.41) is 5.97. The Labute approximate surface area is 102 Å². The molecule has 0 aliphatic carbocycles. The van der Waals surface area contributed by atoms with E-state index in [1.807, 2.05) is 0 Å². The van der Waals surface area contributed by atoms with Crippen molar-refractivity contribution < 1.29 is 14.0 Å². The lowest BCUT2D eigenvalue weighted by Gasteiger charge is -2.25. The van der Waals surface area contributed by atoms with E-state index in [0.717, 1.165) is 0 Å². The Morgan fingerprint density at radius 3 is 3.17 bits per heavy atom. The second-order valence-corrected chi connectivity index (χ2v) is 3.73. The van der Waals surface area contributed by atoms with Gasteiger partial charge in [-0.1, -0.05) is 5.11 Å². The molecule has 0 unspecified atom stereocenters. The third kappa shape index (κ3) is 2.61. The zero-order valence-corrected chi connectivity index (χ0v) is 9.50. The predicted octanol–water partition coefficient (Wildman–Crippen LogP) is 0.662. The van der Waals surface area contributed by atoms with E-state index in [9.17, 15) is 9.59 Å². The Hall–Kier alpha value is -2.47. The maximum atomic E-state index is 12.0. The van der Waals surface area contributed by atoms with Crippen molar-refractivity contribution in [3.8, 4) is 0 Å². The highest BCUT2D eigenvalue weighted by Gasteiger charge is 2.24. The number of nitrogens with one attached hydrogen (secondary N) is 1. The van der Waals surface area contributed by atoms with Crippen molar-refractivity contribution in [2.24, 2.45) is 5.11 Å². The Morgan fingerprint density at radius 2 is 2.44 bits per heavy atom. The lowest BCUT2D eigenvalue weighted by molar-refractivity contribution is -0.123. The fraction of sp³-hybridized carbons (Fsp3) is 0.400. The van der Waals surface area contributed by atoms with Gasteiger partial charge in [0.2, 0.25) is 5.91 Å². The molecule has 94 valence electrons. The molecule has 2 amide bonds. The molecule has 1 aliphatic rings. The van der Waals surface area contributed by atoms with Crippen LogP contribution >= 0.6 is 0 Å². The van der Waals surface area contributed by atoms with Crippen molar-refractivity contribution in [1.29, 1.82) is 0 Å². The SMILES string of the molecule is [N-]=[N+]=NCc1ccc(C(=O)N2CCNC(=O)C2)o1. The number of rotatable bonds is 3. The first-order valence-electron chi connectivity index (χ1n) is 5.36. The minimum absolute atomic E-state index is 0.0330. The number of nitrogens with zero attached hydrogens (tertiary/aromatic N) is 4. The van der Waals surface area contributed by atoms with Crippen molar-refractivity contribution in [3.05, 3.63) is 34.1 Å². The van der Waals surface area contributed by atoms with Crippen LogP contribution in [-0.2, 0) is 11.3 Å². The van der Waals surface area contributed by atoms with Crippen LogP contribution in [0.5, 0.6) is 0 Å². The van der Waals surface area contributed by atoms with Gasteiger partial charge in [-0.25, -0.2) is 0 Å². The molecule has 0 radical (unpaired) electrons. The van der Waals surface area contributed by atoms with Crippen molar-refractivity contribution in [1.82, 2.24) is 10.2 Å². The molecule has 1 N–H and O–H groups in total. The molecule has 0 spiro atoms. The number of carbonyl (C=O) groups is 2. The molecule has 18 heavy (non-hydrogen) atoms. The third-order valence-electron chi connectivity index (χ3n) is 2.49. The number of piperazine rings is 1. The van der Waals surface area contributed by atoms with Crippen LogP contribution in [0.4, 0.5) is 0 Å². The van der Waals surface area contributed by atoms with Crippen LogP contribution in [0.3, 0.4) is 0 Å². The van der Waals surface area contributed by atoms with Crippen LogP contribution in [0, 0.1) is 0 Å². The van der Waals surface area contributed by atoms with Gasteiger partial charge in [-0.05, 0) is 17.7 Å². The van der Waals surface area contributed by atoms with Gasteiger partial charge in [-0.15, -0.1) is 0 Å². The van der Waals surface area contributed by atoms with Gasteiger partial charge in [0, 0.05) is 18.0 Å². The van der Waals surface area contributed by atoms with E-state index in [1.165, 1.54) is 11.0 Å². The molecule has 0 saturated carbocycles. The van der Waals surface area contributed by atoms with Crippen molar-refractivity contribution >= 4 is 11.8 Å². The molecule has 8 nitrogen and oxygen atoms in total. The van der Waals surface area contributed by atoms with Crippen LogP contribution in [0.1, 0.15) is 16.3 Å². The van der Waals surface area contributed by atoms with Gasteiger partial charge >= 0.3 is 0 Å². The summed E-state index contributed by atoms with van der Waals surface area (Å²) >= 11 is 0. The smallest absolute Gasteiger partial charge is 0.290 e. The van der Waals surface area contributed by atoms with Gasteiger partial charge in [-0.3, -0.25) is 9.59 Å². The highest BCUT2D eigenvalue weighted by Crippen LogP contribution is 2.12. The standard InChI is InChI=1S/C10H11N5O3/c11-14-13-5-7-1-2-8(18-7)10(17)15-4-3-12-9(16)6-15/h1-2H,3-6H2,(H,12,16). The summed E-state index contributed by atoms with van der Waals surface area (Å²) in [6.45, 7) is 0.989. The monoisotopic (exact) mass is 249 g/mol. The van der Waals surface area contributed by atoms with Crippen LogP contribution in [-0.4, -0.2) is 36.3 Å². The normalized spacial score (nSPS) is 14.9. The van der Waals surface area contributed by atoms with Crippen molar-refractivity contribution in [3.63, 3.8) is 0 Å². The molecule has 1 aliphatic heterocycles. The first-order chi connectivity index (χ1) is 8.70. The van der Waals surface area contributed by atoms with Crippen LogP contribution in [0.25, 0.3) is 10.4 Å². The van der Waals surface area contributed by atoms with Gasteiger partial charge < -0.3 is 14.6 Å². The number of hydrogen-bond donors (Lipinski definition) is 1. The average Bonchev–Trinajstić information content (AvgIpc) is 2.84. The summed E-state index contributed by atoms with van der Waals surface area (Å²) in [5.74, 6) is 0.0398. The summed E-state index contributed by atoms with van der Waals surface area (Å²) in [4.78, 5) is 27.2. The molecule has 0 bridgehead atoms. The molecule has 2 rings (SSSR count). The van der Waals surface area contributed by atoms with Crippen LogP contribution in [0.15, 0.2) is 21.7 Å². The van der Waals surface area contributed by atoms with E-state index < -0.39 is 0 Å². The zero-order valence-electron chi connectivity index (χ0n) is 9.50. The Bertz CT molecular complexity index is 517. The van der Waals surface area contributed by atoms with Gasteiger partial charge in [-0.2, -0.15) is 0 Å². The lowest BCUT2D eigenvalue weighted by Crippen LogP contribution is -2.49. The molecule has 2 heterocycles. The maximum Gasteiger partial charge on any atom is 0.290 e. The molecule has 1 fully saturated rings. The topological polar surface area (TPSA) is 111 Å². The fourth-order valence-electron chi connectivity index (χ4n) is 1.65. The van der Waals surface area contributed by atoms with Gasteiger partial charge in [0.1, 0.15) is 12.3 Å². The minimum Gasteiger partial charge on any atom is -0.456 e. The van der Waals surface area contributed by atoms with Crippen LogP contribution < -0.4 is 5.32 Å². The lowest BCUT2D eigenvalue weighted by atomic mass is 10.3. The first kappa shape index (κ1) is 12.0. The molecule has 8 heteroatoms. The highest BCUT2D eigenvalue weighted by molar-refractivity contribution is 5.94. The second-order valence-electron chi connectivity index (χ2n) is 3.73. The highest BCUT2D eigenvalue weighted by atomic mass is 16.4. The second kappa shape index (κ2) is 5.24. The zero-order chi connectivity index (χ0) is 13.0. The summed E-state index contributed by atoms with van der Waals surface area (Å²) in [6.07, 6.45) is 0. The Kier molecular flexibility index (Phi) is 3.49. The molecule has 1 aromatic rings. The number of hydrogen-bond acceptors (Lipinski definition) is 4. The summed E-state index contributed by atoms with van der Waals surface area (Å²) < 4.78 is 5.25. The first-order valence-corrected chi connectivity index (χ1v) is 5.36. The summed E-state index contributed by atoms with van der Waals surface area (Å²) in [5.41, 5.74) is 8.17. The van der Waals surface area contributed by atoms with Crippen molar-refractivity contribution in [2.45, 2.75) is 6.54 Å².